The topological polar surface area (TPSA) is 88.0 Å². The number of hydrazone groups is 1. The second kappa shape index (κ2) is 8.47. The second-order valence-electron chi connectivity index (χ2n) is 4.58. The Morgan fingerprint density at radius 2 is 1.96 bits per heavy atom. The molecule has 0 saturated carbocycles. The van der Waals surface area contributed by atoms with Gasteiger partial charge in [-0.15, -0.1) is 0 Å². The number of rotatable bonds is 6. The Kier molecular flexibility index (Phi) is 6.34. The van der Waals surface area contributed by atoms with E-state index in [1.54, 1.807) is 30.3 Å². The van der Waals surface area contributed by atoms with Crippen LogP contribution >= 0.6 is 27.5 Å². The number of nitrogens with zero attached hydrogens (tertiary/aromatic N) is 1. The molecule has 0 fully saturated rings. The van der Waals surface area contributed by atoms with Gasteiger partial charge in [0.1, 0.15) is 5.75 Å². The van der Waals surface area contributed by atoms with Crippen LogP contribution in [0.2, 0.25) is 5.02 Å². The number of carbonyl (C=O) groups excluding carboxylic acids is 1. The molecule has 0 radical (unpaired) electrons. The third-order valence-corrected chi connectivity index (χ3v) is 3.67. The van der Waals surface area contributed by atoms with Gasteiger partial charge in [0, 0.05) is 5.02 Å². The van der Waals surface area contributed by atoms with E-state index in [1.165, 1.54) is 18.3 Å². The first-order valence-corrected chi connectivity index (χ1v) is 7.86. The molecular weight excluding hydrogens is 400 g/mol. The quantitative estimate of drug-likeness (QED) is 0.564. The minimum absolute atomic E-state index is 0.179. The summed E-state index contributed by atoms with van der Waals surface area (Å²) in [6.07, 6.45) is 1.40. The fourth-order valence-corrected chi connectivity index (χ4v) is 2.46. The molecule has 1 amide bonds. The molecule has 0 heterocycles. The van der Waals surface area contributed by atoms with Gasteiger partial charge in [-0.1, -0.05) is 23.7 Å². The molecule has 24 heavy (non-hydrogen) atoms. The van der Waals surface area contributed by atoms with E-state index in [1.807, 2.05) is 0 Å². The summed E-state index contributed by atoms with van der Waals surface area (Å²) >= 11 is 9.10. The molecule has 2 N–H and O–H groups in total. The number of nitrogens with one attached hydrogen (secondary N) is 1. The van der Waals surface area contributed by atoms with Crippen molar-refractivity contribution in [1.82, 2.24) is 5.43 Å². The number of carbonyl (C=O) groups is 2. The van der Waals surface area contributed by atoms with Gasteiger partial charge in [0.15, 0.2) is 6.61 Å². The summed E-state index contributed by atoms with van der Waals surface area (Å²) in [5.74, 6) is -0.949. The van der Waals surface area contributed by atoms with Gasteiger partial charge < -0.3 is 9.84 Å². The second-order valence-corrected chi connectivity index (χ2v) is 5.87. The smallest absolute Gasteiger partial charge is 0.335 e. The van der Waals surface area contributed by atoms with Gasteiger partial charge in [0.2, 0.25) is 0 Å². The molecule has 2 aromatic carbocycles. The summed E-state index contributed by atoms with van der Waals surface area (Å²) in [5.41, 5.74) is 3.15. The average Bonchev–Trinajstić information content (AvgIpc) is 2.54. The molecule has 0 aliphatic heterocycles. The van der Waals surface area contributed by atoms with E-state index in [0.29, 0.717) is 20.8 Å². The predicted octanol–water partition coefficient (Wildman–Crippen LogP) is 3.33. The summed E-state index contributed by atoms with van der Waals surface area (Å²) in [5, 5.41) is 13.1. The van der Waals surface area contributed by atoms with Crippen LogP contribution in [0, 0.1) is 0 Å². The first kappa shape index (κ1) is 18.0. The van der Waals surface area contributed by atoms with Crippen molar-refractivity contribution in [1.29, 1.82) is 0 Å². The van der Waals surface area contributed by atoms with Crippen molar-refractivity contribution in [3.63, 3.8) is 0 Å². The molecule has 0 aliphatic rings. The number of benzene rings is 2. The predicted molar refractivity (Wildman–Crippen MR) is 93.8 cm³/mol. The van der Waals surface area contributed by atoms with Crippen molar-refractivity contribution >= 4 is 45.6 Å². The maximum Gasteiger partial charge on any atom is 0.335 e. The average molecular weight is 412 g/mol. The fourth-order valence-electron chi connectivity index (χ4n) is 1.66. The van der Waals surface area contributed by atoms with Crippen molar-refractivity contribution in [3.05, 3.63) is 63.1 Å². The van der Waals surface area contributed by atoms with Crippen molar-refractivity contribution in [2.45, 2.75) is 0 Å². The van der Waals surface area contributed by atoms with E-state index in [2.05, 4.69) is 26.5 Å². The van der Waals surface area contributed by atoms with Gasteiger partial charge in [-0.3, -0.25) is 4.79 Å². The highest BCUT2D eigenvalue weighted by Crippen LogP contribution is 2.27. The first-order chi connectivity index (χ1) is 11.5. The summed E-state index contributed by atoms with van der Waals surface area (Å²) in [7, 11) is 0. The molecule has 0 unspecified atom stereocenters. The maximum absolute atomic E-state index is 11.7. The number of carboxylic acids is 1. The van der Waals surface area contributed by atoms with E-state index >= 15 is 0 Å². The Hall–Kier alpha value is -2.38. The van der Waals surface area contributed by atoms with Gasteiger partial charge >= 0.3 is 5.97 Å². The lowest BCUT2D eigenvalue weighted by atomic mass is 10.1. The summed E-state index contributed by atoms with van der Waals surface area (Å²) < 4.78 is 5.99. The van der Waals surface area contributed by atoms with Gasteiger partial charge in [-0.2, -0.15) is 5.10 Å². The highest BCUT2D eigenvalue weighted by Gasteiger charge is 2.05. The van der Waals surface area contributed by atoms with Gasteiger partial charge in [0.05, 0.1) is 16.3 Å². The highest BCUT2D eigenvalue weighted by molar-refractivity contribution is 9.10. The number of aromatic carboxylic acids is 1. The largest absolute Gasteiger partial charge is 0.483 e. The number of carboxylic acid groups (broad SMARTS) is 1. The molecule has 0 saturated heterocycles. The summed E-state index contributed by atoms with van der Waals surface area (Å²) in [6, 6.07) is 11.0. The molecule has 0 atom stereocenters. The normalized spacial score (nSPS) is 10.6. The van der Waals surface area contributed by atoms with Gasteiger partial charge in [0.25, 0.3) is 5.91 Å². The Labute approximate surface area is 151 Å². The SMILES string of the molecule is O=C(COc1ccc(Cl)cc1Br)N/N=C\c1ccc(C(=O)O)cc1. The third kappa shape index (κ3) is 5.36. The van der Waals surface area contributed by atoms with Gasteiger partial charge in [-0.25, -0.2) is 10.2 Å². The molecule has 2 aromatic rings. The maximum atomic E-state index is 11.7. The van der Waals surface area contributed by atoms with Crippen LogP contribution in [0.3, 0.4) is 0 Å². The Bertz CT molecular complexity index is 778. The number of amides is 1. The van der Waals surface area contributed by atoms with Crippen LogP contribution in [-0.2, 0) is 4.79 Å². The minimum atomic E-state index is -1.00. The molecule has 0 aliphatic carbocycles. The minimum Gasteiger partial charge on any atom is -0.483 e. The van der Waals surface area contributed by atoms with Crippen molar-refractivity contribution in [2.75, 3.05) is 6.61 Å². The van der Waals surface area contributed by atoms with Crippen LogP contribution in [0.1, 0.15) is 15.9 Å². The molecule has 8 heteroatoms. The van der Waals surface area contributed by atoms with Crippen LogP contribution < -0.4 is 10.2 Å². The monoisotopic (exact) mass is 410 g/mol. The van der Waals surface area contributed by atoms with Crippen molar-refractivity contribution in [2.24, 2.45) is 5.10 Å². The van der Waals surface area contributed by atoms with E-state index in [-0.39, 0.29) is 12.2 Å². The molecule has 0 bridgehead atoms. The zero-order chi connectivity index (χ0) is 17.5. The Balaban J connectivity index is 1.83. The fraction of sp³-hybridized carbons (Fsp3) is 0.0625. The Morgan fingerprint density at radius 3 is 2.58 bits per heavy atom. The number of ether oxygens (including phenoxy) is 1. The van der Waals surface area contributed by atoms with E-state index in [0.717, 1.165) is 0 Å². The zero-order valence-electron chi connectivity index (χ0n) is 12.2. The van der Waals surface area contributed by atoms with E-state index in [4.69, 9.17) is 21.4 Å². The third-order valence-electron chi connectivity index (χ3n) is 2.81. The molecule has 0 aromatic heterocycles. The lowest BCUT2D eigenvalue weighted by molar-refractivity contribution is -0.123. The lowest BCUT2D eigenvalue weighted by Gasteiger charge is -2.07. The summed E-state index contributed by atoms with van der Waals surface area (Å²) in [4.78, 5) is 22.4. The van der Waals surface area contributed by atoms with Crippen LogP contribution in [-0.4, -0.2) is 29.8 Å². The number of hydrogen-bond donors (Lipinski definition) is 2. The lowest BCUT2D eigenvalue weighted by Crippen LogP contribution is -2.24. The zero-order valence-corrected chi connectivity index (χ0v) is 14.5. The number of hydrogen-bond acceptors (Lipinski definition) is 4. The van der Waals surface area contributed by atoms with Crippen LogP contribution in [0.4, 0.5) is 0 Å². The van der Waals surface area contributed by atoms with Crippen LogP contribution in [0.25, 0.3) is 0 Å². The van der Waals surface area contributed by atoms with Crippen molar-refractivity contribution < 1.29 is 19.4 Å². The molecule has 2 rings (SSSR count). The molecule has 6 nitrogen and oxygen atoms in total. The molecular formula is C16H12BrClN2O4. The molecule has 0 spiro atoms. The molecule has 124 valence electrons. The van der Waals surface area contributed by atoms with Gasteiger partial charge in [-0.05, 0) is 51.8 Å². The number of halogens is 2. The van der Waals surface area contributed by atoms with Crippen LogP contribution in [0.15, 0.2) is 52.0 Å². The first-order valence-electron chi connectivity index (χ1n) is 6.69. The highest BCUT2D eigenvalue weighted by atomic mass is 79.9. The van der Waals surface area contributed by atoms with Crippen molar-refractivity contribution in [3.8, 4) is 5.75 Å². The summed E-state index contributed by atoms with van der Waals surface area (Å²) in [6.45, 7) is -0.213. The van der Waals surface area contributed by atoms with E-state index < -0.39 is 11.9 Å². The Morgan fingerprint density at radius 1 is 1.25 bits per heavy atom. The van der Waals surface area contributed by atoms with Crippen LogP contribution in [0.5, 0.6) is 5.75 Å². The standard InChI is InChI=1S/C16H12BrClN2O4/c17-13-7-12(18)5-6-14(13)24-9-15(21)20-19-8-10-1-3-11(4-2-10)16(22)23/h1-8H,9H2,(H,20,21)(H,22,23)/b19-8-. The van der Waals surface area contributed by atoms with E-state index in [9.17, 15) is 9.59 Å².